The van der Waals surface area contributed by atoms with Crippen molar-refractivity contribution in [3.8, 4) is 5.75 Å². The maximum absolute atomic E-state index is 11.6. The molecule has 0 aromatic heterocycles. The van der Waals surface area contributed by atoms with Gasteiger partial charge in [-0.2, -0.15) is 0 Å². The Kier molecular flexibility index (Phi) is 6.80. The fourth-order valence-corrected chi connectivity index (χ4v) is 1.93. The molecule has 0 radical (unpaired) electrons. The number of benzene rings is 1. The van der Waals surface area contributed by atoms with Crippen LogP contribution in [0.15, 0.2) is 18.2 Å². The molecule has 4 N–H and O–H groups in total. The van der Waals surface area contributed by atoms with Gasteiger partial charge < -0.3 is 30.1 Å². The highest BCUT2D eigenvalue weighted by Crippen LogP contribution is 2.28. The smallest absolute Gasteiger partial charge is 0.407 e. The summed E-state index contributed by atoms with van der Waals surface area (Å²) in [7, 11) is 1.44. The van der Waals surface area contributed by atoms with Gasteiger partial charge in [-0.3, -0.25) is 0 Å². The molecular weight excluding hydrogens is 302 g/mol. The minimum atomic E-state index is -1.29. The van der Waals surface area contributed by atoms with Crippen molar-refractivity contribution in [1.29, 1.82) is 0 Å². The Balaban J connectivity index is 2.73. The lowest BCUT2D eigenvalue weighted by Gasteiger charge is -2.23. The van der Waals surface area contributed by atoms with Crippen molar-refractivity contribution in [1.82, 2.24) is 5.32 Å². The third kappa shape index (κ3) is 6.05. The molecular formula is C16H25NO6. The van der Waals surface area contributed by atoms with Crippen LogP contribution in [0.4, 0.5) is 4.79 Å². The van der Waals surface area contributed by atoms with Crippen molar-refractivity contribution in [2.45, 2.75) is 45.2 Å². The number of alkyl carbamates (subject to hydrolysis) is 1. The number of hydrogen-bond acceptors (Lipinski definition) is 6. The van der Waals surface area contributed by atoms with Crippen LogP contribution < -0.4 is 10.1 Å². The van der Waals surface area contributed by atoms with E-state index in [0.29, 0.717) is 16.9 Å². The van der Waals surface area contributed by atoms with Crippen LogP contribution >= 0.6 is 0 Å². The molecule has 0 bridgehead atoms. The Morgan fingerprint density at radius 1 is 1.30 bits per heavy atom. The minimum Gasteiger partial charge on any atom is -0.496 e. The number of amides is 1. The molecule has 0 fully saturated rings. The summed E-state index contributed by atoms with van der Waals surface area (Å²) in [5.41, 5.74) is 0.261. The van der Waals surface area contributed by atoms with Crippen LogP contribution in [-0.4, -0.2) is 46.8 Å². The largest absolute Gasteiger partial charge is 0.496 e. The van der Waals surface area contributed by atoms with Crippen LogP contribution in [0.5, 0.6) is 5.75 Å². The minimum absolute atomic E-state index is 0.192. The van der Waals surface area contributed by atoms with E-state index in [4.69, 9.17) is 9.47 Å². The van der Waals surface area contributed by atoms with Gasteiger partial charge in [0.2, 0.25) is 0 Å². The predicted molar refractivity (Wildman–Crippen MR) is 84.1 cm³/mol. The van der Waals surface area contributed by atoms with Crippen molar-refractivity contribution in [2.24, 2.45) is 0 Å². The standard InChI is InChI=1S/C16H25NO6/c1-16(2,3)23-15(21)17-8-12(19)14(20)11-7-10(9-18)5-6-13(11)22-4/h5-7,12,14,18-20H,8-9H2,1-4H3,(H,17,21). The average molecular weight is 327 g/mol. The van der Waals surface area contributed by atoms with E-state index in [1.54, 1.807) is 39.0 Å². The molecule has 2 unspecified atom stereocenters. The normalized spacial score (nSPS) is 14.0. The van der Waals surface area contributed by atoms with E-state index in [1.165, 1.54) is 7.11 Å². The molecule has 0 aliphatic carbocycles. The quantitative estimate of drug-likeness (QED) is 0.623. The number of hydrogen-bond donors (Lipinski definition) is 4. The fourth-order valence-electron chi connectivity index (χ4n) is 1.93. The Bertz CT molecular complexity index is 526. The molecule has 0 heterocycles. The zero-order valence-corrected chi connectivity index (χ0v) is 13.9. The highest BCUT2D eigenvalue weighted by molar-refractivity contribution is 5.67. The lowest BCUT2D eigenvalue weighted by molar-refractivity contribution is 0.0118. The van der Waals surface area contributed by atoms with E-state index in [0.717, 1.165) is 0 Å². The first-order valence-corrected chi connectivity index (χ1v) is 7.28. The summed E-state index contributed by atoms with van der Waals surface area (Å²) < 4.78 is 10.2. The highest BCUT2D eigenvalue weighted by atomic mass is 16.6. The van der Waals surface area contributed by atoms with Crippen molar-refractivity contribution in [3.63, 3.8) is 0 Å². The van der Waals surface area contributed by atoms with Crippen molar-refractivity contribution in [2.75, 3.05) is 13.7 Å². The van der Waals surface area contributed by atoms with Crippen molar-refractivity contribution in [3.05, 3.63) is 29.3 Å². The topological polar surface area (TPSA) is 108 Å². The molecule has 1 amide bonds. The number of aliphatic hydroxyl groups is 3. The molecule has 0 saturated carbocycles. The van der Waals surface area contributed by atoms with E-state index in [2.05, 4.69) is 5.32 Å². The monoisotopic (exact) mass is 327 g/mol. The second-order valence-corrected chi connectivity index (χ2v) is 6.13. The van der Waals surface area contributed by atoms with E-state index >= 15 is 0 Å². The SMILES string of the molecule is COc1ccc(CO)cc1C(O)C(O)CNC(=O)OC(C)(C)C. The van der Waals surface area contributed by atoms with Crippen molar-refractivity contribution >= 4 is 6.09 Å². The number of carbonyl (C=O) groups excluding carboxylic acids is 1. The third-order valence-corrected chi connectivity index (χ3v) is 3.01. The van der Waals surface area contributed by atoms with Gasteiger partial charge in [-0.25, -0.2) is 4.79 Å². The molecule has 1 aromatic carbocycles. The van der Waals surface area contributed by atoms with Crippen LogP contribution in [0.25, 0.3) is 0 Å². The van der Waals surface area contributed by atoms with E-state index in [1.807, 2.05) is 0 Å². The second kappa shape index (κ2) is 8.14. The Hall–Kier alpha value is -1.83. The first-order valence-electron chi connectivity index (χ1n) is 7.28. The van der Waals surface area contributed by atoms with Crippen molar-refractivity contribution < 1.29 is 29.6 Å². The number of nitrogens with one attached hydrogen (secondary N) is 1. The van der Waals surface area contributed by atoms with Gasteiger partial charge in [0.25, 0.3) is 0 Å². The summed E-state index contributed by atoms with van der Waals surface area (Å²) in [6.45, 7) is 4.79. The van der Waals surface area contributed by atoms with Crippen LogP contribution in [0.1, 0.15) is 38.0 Å². The molecule has 23 heavy (non-hydrogen) atoms. The zero-order valence-electron chi connectivity index (χ0n) is 13.9. The lowest BCUT2D eigenvalue weighted by Crippen LogP contribution is -2.38. The number of methoxy groups -OCH3 is 1. The summed E-state index contributed by atoms with van der Waals surface area (Å²) >= 11 is 0. The second-order valence-electron chi connectivity index (χ2n) is 6.13. The molecule has 130 valence electrons. The summed E-state index contributed by atoms with van der Waals surface area (Å²) in [5, 5.41) is 31.9. The Labute approximate surface area is 135 Å². The van der Waals surface area contributed by atoms with E-state index in [9.17, 15) is 20.1 Å². The van der Waals surface area contributed by atoms with E-state index in [-0.39, 0.29) is 13.2 Å². The maximum atomic E-state index is 11.6. The molecule has 7 heteroatoms. The van der Waals surface area contributed by atoms with Gasteiger partial charge in [-0.15, -0.1) is 0 Å². The Morgan fingerprint density at radius 3 is 2.48 bits per heavy atom. The van der Waals surface area contributed by atoms with Gasteiger partial charge in [0, 0.05) is 12.1 Å². The van der Waals surface area contributed by atoms with Crippen LogP contribution in [0.3, 0.4) is 0 Å². The summed E-state index contributed by atoms with van der Waals surface area (Å²) in [6, 6.07) is 4.79. The van der Waals surface area contributed by atoms with Gasteiger partial charge >= 0.3 is 6.09 Å². The lowest BCUT2D eigenvalue weighted by atomic mass is 10.0. The summed E-state index contributed by atoms with van der Waals surface area (Å²) in [4.78, 5) is 11.6. The van der Waals surface area contributed by atoms with Crippen LogP contribution in [-0.2, 0) is 11.3 Å². The zero-order chi connectivity index (χ0) is 17.6. The first kappa shape index (κ1) is 19.2. The molecule has 0 saturated heterocycles. The van der Waals surface area contributed by atoms with Crippen LogP contribution in [0, 0.1) is 0 Å². The van der Waals surface area contributed by atoms with Crippen LogP contribution in [0.2, 0.25) is 0 Å². The Morgan fingerprint density at radius 2 is 1.96 bits per heavy atom. The number of ether oxygens (including phenoxy) is 2. The maximum Gasteiger partial charge on any atom is 0.407 e. The number of carbonyl (C=O) groups is 1. The molecule has 1 aromatic rings. The fraction of sp³-hybridized carbons (Fsp3) is 0.562. The summed E-state index contributed by atoms with van der Waals surface area (Å²) in [6.07, 6.45) is -3.23. The number of rotatable bonds is 6. The third-order valence-electron chi connectivity index (χ3n) is 3.01. The molecule has 0 aliphatic heterocycles. The number of aliphatic hydroxyl groups excluding tert-OH is 3. The predicted octanol–water partition coefficient (Wildman–Crippen LogP) is 1.11. The van der Waals surface area contributed by atoms with Gasteiger partial charge in [-0.05, 0) is 38.5 Å². The van der Waals surface area contributed by atoms with Gasteiger partial charge in [0.1, 0.15) is 23.6 Å². The molecule has 1 rings (SSSR count). The molecule has 7 nitrogen and oxygen atoms in total. The molecule has 0 spiro atoms. The van der Waals surface area contributed by atoms with Gasteiger partial charge in [-0.1, -0.05) is 6.07 Å². The first-order chi connectivity index (χ1) is 10.7. The molecule has 0 aliphatic rings. The van der Waals surface area contributed by atoms with Gasteiger partial charge in [0.15, 0.2) is 0 Å². The molecule has 2 atom stereocenters. The van der Waals surface area contributed by atoms with E-state index < -0.39 is 23.9 Å². The highest BCUT2D eigenvalue weighted by Gasteiger charge is 2.24. The summed E-state index contributed by atoms with van der Waals surface area (Å²) in [5.74, 6) is 0.381. The van der Waals surface area contributed by atoms with Gasteiger partial charge in [0.05, 0.1) is 13.7 Å². The average Bonchev–Trinajstić information content (AvgIpc) is 2.49.